The van der Waals surface area contributed by atoms with Crippen molar-refractivity contribution < 1.29 is 14.6 Å². The third-order valence-electron chi connectivity index (χ3n) is 4.14. The molecule has 1 amide bonds. The second-order valence-corrected chi connectivity index (χ2v) is 6.19. The Balaban J connectivity index is 2.22. The normalized spacial score (nSPS) is 23.1. The molecule has 0 saturated carbocycles. The van der Waals surface area contributed by atoms with Crippen molar-refractivity contribution in [3.8, 4) is 0 Å². The maximum absolute atomic E-state index is 12.9. The number of hydrogen-bond donors (Lipinski definition) is 2. The summed E-state index contributed by atoms with van der Waals surface area (Å²) in [6.45, 7) is 6.60. The number of hydrogen-bond acceptors (Lipinski definition) is 4. The van der Waals surface area contributed by atoms with Gasteiger partial charge in [0.05, 0.1) is 30.8 Å². The highest BCUT2D eigenvalue weighted by Gasteiger charge is 2.38. The highest BCUT2D eigenvalue weighted by atomic mass is 16.5. The first-order valence-electron chi connectivity index (χ1n) is 7.25. The quantitative estimate of drug-likeness (QED) is 0.820. The van der Waals surface area contributed by atoms with E-state index in [0.29, 0.717) is 18.8 Å². The van der Waals surface area contributed by atoms with Crippen molar-refractivity contribution in [3.63, 3.8) is 0 Å². The summed E-state index contributed by atoms with van der Waals surface area (Å²) in [4.78, 5) is 14.7. The standard InChI is InChI=1S/C16H24N2O3/c1-11-10-21-14(9-19)8-18(11)15(20)16(2,3)12-4-6-13(17)7-5-12/h4-7,11,14,19H,8-10,17H2,1-3H3. The van der Waals surface area contributed by atoms with Gasteiger partial charge in [0.2, 0.25) is 5.91 Å². The fourth-order valence-electron chi connectivity index (χ4n) is 2.59. The summed E-state index contributed by atoms with van der Waals surface area (Å²) >= 11 is 0. The molecule has 3 N–H and O–H groups in total. The van der Waals surface area contributed by atoms with Gasteiger partial charge in [0.25, 0.3) is 0 Å². The van der Waals surface area contributed by atoms with E-state index in [0.717, 1.165) is 5.56 Å². The van der Waals surface area contributed by atoms with Crippen LogP contribution < -0.4 is 5.73 Å². The number of aliphatic hydroxyl groups excluding tert-OH is 1. The van der Waals surface area contributed by atoms with E-state index in [4.69, 9.17) is 10.5 Å². The lowest BCUT2D eigenvalue weighted by Crippen LogP contribution is -2.56. The Morgan fingerprint density at radius 1 is 1.43 bits per heavy atom. The topological polar surface area (TPSA) is 75.8 Å². The zero-order valence-electron chi connectivity index (χ0n) is 12.9. The maximum atomic E-state index is 12.9. The molecule has 116 valence electrons. The lowest BCUT2D eigenvalue weighted by Gasteiger charge is -2.41. The smallest absolute Gasteiger partial charge is 0.233 e. The van der Waals surface area contributed by atoms with Gasteiger partial charge in [0.15, 0.2) is 0 Å². The van der Waals surface area contributed by atoms with Gasteiger partial charge in [-0.05, 0) is 38.5 Å². The summed E-state index contributed by atoms with van der Waals surface area (Å²) in [7, 11) is 0. The molecule has 1 aromatic rings. The zero-order chi connectivity index (χ0) is 15.6. The molecule has 0 radical (unpaired) electrons. The molecule has 0 spiro atoms. The van der Waals surface area contributed by atoms with Crippen LogP contribution >= 0.6 is 0 Å². The third-order valence-corrected chi connectivity index (χ3v) is 4.14. The monoisotopic (exact) mass is 292 g/mol. The van der Waals surface area contributed by atoms with Gasteiger partial charge in [0.1, 0.15) is 0 Å². The molecule has 2 rings (SSSR count). The van der Waals surface area contributed by atoms with Crippen LogP contribution in [0.1, 0.15) is 26.3 Å². The van der Waals surface area contributed by atoms with Crippen LogP contribution in [0.25, 0.3) is 0 Å². The molecular formula is C16H24N2O3. The Bertz CT molecular complexity index is 499. The van der Waals surface area contributed by atoms with E-state index >= 15 is 0 Å². The van der Waals surface area contributed by atoms with Crippen LogP contribution in [-0.2, 0) is 14.9 Å². The molecule has 2 unspecified atom stereocenters. The highest BCUT2D eigenvalue weighted by molar-refractivity contribution is 5.87. The van der Waals surface area contributed by atoms with Gasteiger partial charge >= 0.3 is 0 Å². The van der Waals surface area contributed by atoms with E-state index in [1.165, 1.54) is 0 Å². The Kier molecular flexibility index (Phi) is 4.54. The van der Waals surface area contributed by atoms with E-state index in [-0.39, 0.29) is 24.7 Å². The number of ether oxygens (including phenoxy) is 1. The number of aliphatic hydroxyl groups is 1. The van der Waals surface area contributed by atoms with Crippen molar-refractivity contribution >= 4 is 11.6 Å². The first kappa shape index (κ1) is 15.8. The molecule has 1 aliphatic heterocycles. The summed E-state index contributed by atoms with van der Waals surface area (Å²) < 4.78 is 5.49. The molecule has 0 aliphatic carbocycles. The third kappa shape index (κ3) is 3.19. The van der Waals surface area contributed by atoms with Gasteiger partial charge in [-0.25, -0.2) is 0 Å². The van der Waals surface area contributed by atoms with Crippen molar-refractivity contribution in [1.29, 1.82) is 0 Å². The van der Waals surface area contributed by atoms with Crippen molar-refractivity contribution in [2.45, 2.75) is 38.3 Å². The molecule has 0 bridgehead atoms. The van der Waals surface area contributed by atoms with Crippen LogP contribution in [0.3, 0.4) is 0 Å². The van der Waals surface area contributed by atoms with Crippen molar-refractivity contribution in [2.75, 3.05) is 25.5 Å². The molecule has 1 saturated heterocycles. The summed E-state index contributed by atoms with van der Waals surface area (Å²) in [5, 5.41) is 9.25. The molecule has 1 fully saturated rings. The number of morpholine rings is 1. The molecular weight excluding hydrogens is 268 g/mol. The minimum atomic E-state index is -0.640. The highest BCUT2D eigenvalue weighted by Crippen LogP contribution is 2.28. The summed E-state index contributed by atoms with van der Waals surface area (Å²) in [6, 6.07) is 7.41. The second kappa shape index (κ2) is 6.03. The lowest BCUT2D eigenvalue weighted by molar-refractivity contribution is -0.151. The molecule has 1 heterocycles. The number of rotatable bonds is 3. The molecule has 5 heteroatoms. The van der Waals surface area contributed by atoms with Crippen LogP contribution in [0.4, 0.5) is 5.69 Å². The van der Waals surface area contributed by atoms with E-state index in [1.54, 1.807) is 4.90 Å². The first-order chi connectivity index (χ1) is 9.86. The Labute approximate surface area is 125 Å². The Hall–Kier alpha value is -1.59. The number of nitrogens with two attached hydrogens (primary N) is 1. The number of nitrogens with zero attached hydrogens (tertiary/aromatic N) is 1. The largest absolute Gasteiger partial charge is 0.399 e. The number of carbonyl (C=O) groups is 1. The average Bonchev–Trinajstić information content (AvgIpc) is 2.47. The summed E-state index contributed by atoms with van der Waals surface area (Å²) in [6.07, 6.45) is -0.299. The minimum Gasteiger partial charge on any atom is -0.399 e. The Morgan fingerprint density at radius 3 is 2.62 bits per heavy atom. The summed E-state index contributed by atoms with van der Waals surface area (Å²) in [5.74, 6) is 0.0431. The lowest BCUT2D eigenvalue weighted by atomic mass is 9.82. The average molecular weight is 292 g/mol. The molecule has 0 aromatic heterocycles. The number of anilines is 1. The van der Waals surface area contributed by atoms with E-state index in [9.17, 15) is 9.90 Å². The van der Waals surface area contributed by atoms with Crippen LogP contribution in [0.15, 0.2) is 24.3 Å². The predicted octanol–water partition coefficient (Wildman–Crippen LogP) is 1.15. The number of amides is 1. The van der Waals surface area contributed by atoms with Crippen LogP contribution in [0.2, 0.25) is 0 Å². The molecule has 1 aromatic carbocycles. The molecule has 21 heavy (non-hydrogen) atoms. The van der Waals surface area contributed by atoms with Gasteiger partial charge in [-0.15, -0.1) is 0 Å². The molecule has 1 aliphatic rings. The molecule has 5 nitrogen and oxygen atoms in total. The van der Waals surface area contributed by atoms with Crippen LogP contribution in [-0.4, -0.2) is 47.8 Å². The van der Waals surface area contributed by atoms with Gasteiger partial charge in [-0.3, -0.25) is 4.79 Å². The fraction of sp³-hybridized carbons (Fsp3) is 0.562. The summed E-state index contributed by atoms with van der Waals surface area (Å²) in [5.41, 5.74) is 6.68. The van der Waals surface area contributed by atoms with Crippen molar-refractivity contribution in [2.24, 2.45) is 0 Å². The molecule has 2 atom stereocenters. The zero-order valence-corrected chi connectivity index (χ0v) is 12.9. The first-order valence-corrected chi connectivity index (χ1v) is 7.25. The van der Waals surface area contributed by atoms with Crippen molar-refractivity contribution in [1.82, 2.24) is 4.90 Å². The Morgan fingerprint density at radius 2 is 2.05 bits per heavy atom. The van der Waals surface area contributed by atoms with Gasteiger partial charge in [-0.2, -0.15) is 0 Å². The van der Waals surface area contributed by atoms with E-state index < -0.39 is 5.41 Å². The van der Waals surface area contributed by atoms with E-state index in [2.05, 4.69) is 0 Å². The fourth-order valence-corrected chi connectivity index (χ4v) is 2.59. The SMILES string of the molecule is CC1COC(CO)CN1C(=O)C(C)(C)c1ccc(N)cc1. The second-order valence-electron chi connectivity index (χ2n) is 6.19. The van der Waals surface area contributed by atoms with Gasteiger partial charge in [0, 0.05) is 12.2 Å². The van der Waals surface area contributed by atoms with Gasteiger partial charge in [-0.1, -0.05) is 12.1 Å². The number of carbonyl (C=O) groups excluding carboxylic acids is 1. The van der Waals surface area contributed by atoms with E-state index in [1.807, 2.05) is 45.0 Å². The minimum absolute atomic E-state index is 0.00774. The number of nitrogen functional groups attached to an aromatic ring is 1. The predicted molar refractivity (Wildman–Crippen MR) is 81.9 cm³/mol. The van der Waals surface area contributed by atoms with Crippen LogP contribution in [0, 0.1) is 0 Å². The maximum Gasteiger partial charge on any atom is 0.233 e. The van der Waals surface area contributed by atoms with Gasteiger partial charge < -0.3 is 20.5 Å². The number of benzene rings is 1. The van der Waals surface area contributed by atoms with Crippen LogP contribution in [0.5, 0.6) is 0 Å². The van der Waals surface area contributed by atoms with Crippen molar-refractivity contribution in [3.05, 3.63) is 29.8 Å².